The summed E-state index contributed by atoms with van der Waals surface area (Å²) in [7, 11) is 5.28. The van der Waals surface area contributed by atoms with Crippen molar-refractivity contribution >= 4 is 13.5 Å². The minimum Gasteiger partial charge on any atom is -0.308 e. The number of hydrogen-bond donors (Lipinski definition) is 1. The van der Waals surface area contributed by atoms with Crippen LogP contribution in [0.15, 0.2) is 5.10 Å². The molecule has 1 N–H and O–H groups in total. The third-order valence-corrected chi connectivity index (χ3v) is 1.07. The Kier molecular flexibility index (Phi) is 4.19. The second-order valence-electron chi connectivity index (χ2n) is 2.19. The van der Waals surface area contributed by atoms with Gasteiger partial charge in [-0.3, -0.25) is 0 Å². The maximum atomic E-state index is 5.28. The molecular formula is C6H13BN2. The quantitative estimate of drug-likeness (QED) is 0.337. The molecule has 2 nitrogen and oxygen atoms in total. The molecule has 0 aromatic rings. The van der Waals surface area contributed by atoms with Crippen LogP contribution in [0.4, 0.5) is 0 Å². The van der Waals surface area contributed by atoms with Crippen molar-refractivity contribution in [3.8, 4) is 0 Å². The summed E-state index contributed by atoms with van der Waals surface area (Å²) in [6, 6.07) is 0.420. The highest BCUT2D eigenvalue weighted by molar-refractivity contribution is 6.58. The van der Waals surface area contributed by atoms with Gasteiger partial charge in [-0.15, -0.1) is 0 Å². The average Bonchev–Trinajstić information content (AvgIpc) is 1.83. The van der Waals surface area contributed by atoms with Gasteiger partial charge in [-0.25, -0.2) is 5.10 Å². The van der Waals surface area contributed by atoms with Crippen molar-refractivity contribution in [2.45, 2.75) is 33.2 Å². The van der Waals surface area contributed by atoms with Gasteiger partial charge in [0, 0.05) is 6.04 Å². The van der Waals surface area contributed by atoms with Gasteiger partial charge in [0.2, 0.25) is 0 Å². The standard InChI is InChI=1S/C6H13BN2/c1-4-5(2)8-9-6(3)7/h5,8H,4H2,1-3H3/b9-6+. The topological polar surface area (TPSA) is 24.4 Å². The maximum absolute atomic E-state index is 5.28. The fourth-order valence-electron chi connectivity index (χ4n) is 0.303. The molecule has 50 valence electrons. The van der Waals surface area contributed by atoms with E-state index in [1.165, 1.54) is 0 Å². The minimum atomic E-state index is 0.420. The third-order valence-electron chi connectivity index (χ3n) is 1.07. The number of rotatable bonds is 3. The van der Waals surface area contributed by atoms with Crippen LogP contribution in [-0.4, -0.2) is 19.5 Å². The molecule has 0 saturated heterocycles. The lowest BCUT2D eigenvalue weighted by atomic mass is 10.1. The summed E-state index contributed by atoms with van der Waals surface area (Å²) >= 11 is 0. The summed E-state index contributed by atoms with van der Waals surface area (Å²) in [6.45, 7) is 5.92. The minimum absolute atomic E-state index is 0.420. The third kappa shape index (κ3) is 5.41. The molecular weight excluding hydrogens is 111 g/mol. The van der Waals surface area contributed by atoms with Crippen LogP contribution in [0.2, 0.25) is 0 Å². The number of nitrogens with zero attached hydrogens (tertiary/aromatic N) is 1. The van der Waals surface area contributed by atoms with Crippen molar-refractivity contribution < 1.29 is 0 Å². The molecule has 0 heterocycles. The normalized spacial score (nSPS) is 15.2. The van der Waals surface area contributed by atoms with Crippen LogP contribution >= 0.6 is 0 Å². The predicted molar refractivity (Wildman–Crippen MR) is 41.8 cm³/mol. The van der Waals surface area contributed by atoms with Crippen molar-refractivity contribution in [3.05, 3.63) is 0 Å². The van der Waals surface area contributed by atoms with E-state index >= 15 is 0 Å². The molecule has 3 heteroatoms. The largest absolute Gasteiger partial charge is 0.308 e. The zero-order chi connectivity index (χ0) is 7.28. The smallest absolute Gasteiger partial charge is 0.137 e. The van der Waals surface area contributed by atoms with Crippen molar-refractivity contribution in [2.24, 2.45) is 5.10 Å². The molecule has 0 aliphatic heterocycles. The highest BCUT2D eigenvalue weighted by Crippen LogP contribution is 1.85. The monoisotopic (exact) mass is 124 g/mol. The summed E-state index contributed by atoms with van der Waals surface area (Å²) in [5, 5.41) is 3.84. The maximum Gasteiger partial charge on any atom is 0.137 e. The molecule has 0 aromatic carbocycles. The molecule has 0 bridgehead atoms. The van der Waals surface area contributed by atoms with Crippen molar-refractivity contribution in [1.82, 2.24) is 5.43 Å². The second-order valence-corrected chi connectivity index (χ2v) is 2.19. The lowest BCUT2D eigenvalue weighted by Crippen LogP contribution is -2.20. The highest BCUT2D eigenvalue weighted by Gasteiger charge is 1.91. The molecule has 0 fully saturated rings. The molecule has 1 atom stereocenters. The van der Waals surface area contributed by atoms with Crippen molar-refractivity contribution in [2.75, 3.05) is 0 Å². The molecule has 0 aromatic heterocycles. The number of nitrogens with one attached hydrogen (secondary N) is 1. The van der Waals surface area contributed by atoms with Gasteiger partial charge in [0.1, 0.15) is 7.85 Å². The van der Waals surface area contributed by atoms with Crippen LogP contribution in [0.25, 0.3) is 0 Å². The van der Waals surface area contributed by atoms with Gasteiger partial charge < -0.3 is 5.43 Å². The van der Waals surface area contributed by atoms with Crippen LogP contribution in [0, 0.1) is 0 Å². The number of hydrogen-bond acceptors (Lipinski definition) is 2. The average molecular weight is 124 g/mol. The lowest BCUT2D eigenvalue weighted by molar-refractivity contribution is 0.558. The molecule has 0 rings (SSSR count). The summed E-state index contributed by atoms with van der Waals surface area (Å²) in [6.07, 6.45) is 1.07. The first-order valence-corrected chi connectivity index (χ1v) is 3.22. The van der Waals surface area contributed by atoms with Gasteiger partial charge in [-0.05, 0) is 25.9 Å². The first kappa shape index (κ1) is 8.53. The fraction of sp³-hybridized carbons (Fsp3) is 0.833. The van der Waals surface area contributed by atoms with E-state index in [-0.39, 0.29) is 0 Å². The van der Waals surface area contributed by atoms with Gasteiger partial charge >= 0.3 is 0 Å². The molecule has 1 unspecified atom stereocenters. The van der Waals surface area contributed by atoms with E-state index < -0.39 is 0 Å². The fourth-order valence-corrected chi connectivity index (χ4v) is 0.303. The molecule has 0 aliphatic rings. The first-order chi connectivity index (χ1) is 4.16. The Morgan fingerprint density at radius 2 is 2.33 bits per heavy atom. The van der Waals surface area contributed by atoms with E-state index in [9.17, 15) is 0 Å². The molecule has 0 amide bonds. The van der Waals surface area contributed by atoms with Crippen LogP contribution in [-0.2, 0) is 0 Å². The van der Waals surface area contributed by atoms with Gasteiger partial charge in [0.05, 0.1) is 0 Å². The Labute approximate surface area is 58.1 Å². The van der Waals surface area contributed by atoms with E-state index in [0.717, 1.165) is 6.42 Å². The molecule has 0 saturated carbocycles. The Balaban J connectivity index is 3.37. The second kappa shape index (κ2) is 4.42. The van der Waals surface area contributed by atoms with Gasteiger partial charge in [0.25, 0.3) is 0 Å². The summed E-state index contributed by atoms with van der Waals surface area (Å²) < 4.78 is 0. The molecule has 2 radical (unpaired) electrons. The molecule has 0 spiro atoms. The lowest BCUT2D eigenvalue weighted by Gasteiger charge is -2.06. The van der Waals surface area contributed by atoms with E-state index in [1.807, 2.05) is 0 Å². The van der Waals surface area contributed by atoms with E-state index in [2.05, 4.69) is 24.4 Å². The Morgan fingerprint density at radius 1 is 1.78 bits per heavy atom. The van der Waals surface area contributed by atoms with E-state index in [4.69, 9.17) is 7.85 Å². The Bertz CT molecular complexity index is 97.2. The summed E-state index contributed by atoms with van der Waals surface area (Å²) in [4.78, 5) is 0. The Hall–Kier alpha value is -0.465. The predicted octanol–water partition coefficient (Wildman–Crippen LogP) is 0.876. The van der Waals surface area contributed by atoms with Crippen molar-refractivity contribution in [1.29, 1.82) is 0 Å². The van der Waals surface area contributed by atoms with Gasteiger partial charge in [-0.1, -0.05) is 6.92 Å². The Morgan fingerprint density at radius 3 is 2.67 bits per heavy atom. The van der Waals surface area contributed by atoms with E-state index in [0.29, 0.717) is 11.7 Å². The van der Waals surface area contributed by atoms with Crippen LogP contribution in [0.5, 0.6) is 0 Å². The van der Waals surface area contributed by atoms with Gasteiger partial charge in [-0.2, -0.15) is 0 Å². The highest BCUT2D eigenvalue weighted by atomic mass is 15.3. The van der Waals surface area contributed by atoms with Gasteiger partial charge in [0.15, 0.2) is 0 Å². The first-order valence-electron chi connectivity index (χ1n) is 3.22. The van der Waals surface area contributed by atoms with Crippen LogP contribution < -0.4 is 5.43 Å². The van der Waals surface area contributed by atoms with E-state index in [1.54, 1.807) is 6.92 Å². The van der Waals surface area contributed by atoms with Crippen LogP contribution in [0.3, 0.4) is 0 Å². The summed E-state index contributed by atoms with van der Waals surface area (Å²) in [5.74, 6) is 0. The zero-order valence-electron chi connectivity index (χ0n) is 6.31. The van der Waals surface area contributed by atoms with Crippen LogP contribution in [0.1, 0.15) is 27.2 Å². The number of hydrazone groups is 1. The van der Waals surface area contributed by atoms with Crippen molar-refractivity contribution in [3.63, 3.8) is 0 Å². The molecule has 0 aliphatic carbocycles. The SMILES string of the molecule is [B]/C(C)=N/NC(C)CC. The zero-order valence-corrected chi connectivity index (χ0v) is 6.31. The summed E-state index contributed by atoms with van der Waals surface area (Å²) in [5.41, 5.74) is 3.47. The molecule has 9 heavy (non-hydrogen) atoms.